The topological polar surface area (TPSA) is 116 Å². The monoisotopic (exact) mass is 418 g/mol. The maximum absolute atomic E-state index is 12.0. The second kappa shape index (κ2) is 7.87. The van der Waals surface area contributed by atoms with E-state index in [1.807, 2.05) is 24.3 Å². The summed E-state index contributed by atoms with van der Waals surface area (Å²) in [7, 11) is 0. The van der Waals surface area contributed by atoms with Gasteiger partial charge in [-0.2, -0.15) is 0 Å². The number of fused-ring (bicyclic) bond motifs is 1. The van der Waals surface area contributed by atoms with Crippen molar-refractivity contribution >= 4 is 44.6 Å². The van der Waals surface area contributed by atoms with Crippen LogP contribution >= 0.6 is 15.9 Å². The van der Waals surface area contributed by atoms with Crippen molar-refractivity contribution in [3.05, 3.63) is 58.6 Å². The third kappa shape index (κ3) is 4.31. The molecule has 0 spiro atoms. The Hall–Kier alpha value is -3.07. The van der Waals surface area contributed by atoms with E-state index in [0.29, 0.717) is 4.67 Å². The molecule has 2 heterocycles. The van der Waals surface area contributed by atoms with E-state index in [1.54, 1.807) is 12.3 Å². The minimum absolute atomic E-state index is 0.0769. The fraction of sp³-hybridized carbons (Fsp3) is 0.118. The second-order valence-electron chi connectivity index (χ2n) is 5.42. The van der Waals surface area contributed by atoms with Crippen LogP contribution in [0.3, 0.4) is 0 Å². The molecule has 3 rings (SSSR count). The molecule has 0 bridgehead atoms. The summed E-state index contributed by atoms with van der Waals surface area (Å²) < 4.78 is 5.48. The number of rotatable bonds is 5. The Kier molecular flexibility index (Phi) is 5.37. The third-order valence-corrected chi connectivity index (χ3v) is 4.00. The lowest BCUT2D eigenvalue weighted by Crippen LogP contribution is -2.46. The van der Waals surface area contributed by atoms with Crippen LogP contribution in [-0.4, -0.2) is 29.3 Å². The molecule has 1 aromatic carbocycles. The first-order valence-corrected chi connectivity index (χ1v) is 8.48. The van der Waals surface area contributed by atoms with E-state index in [9.17, 15) is 14.4 Å². The maximum Gasteiger partial charge on any atom is 0.287 e. The van der Waals surface area contributed by atoms with Crippen molar-refractivity contribution < 1.29 is 18.8 Å². The van der Waals surface area contributed by atoms with Gasteiger partial charge in [0.25, 0.3) is 11.8 Å². The number of furan rings is 1. The maximum atomic E-state index is 12.0. The predicted octanol–water partition coefficient (Wildman–Crippen LogP) is 1.64. The quantitative estimate of drug-likeness (QED) is 0.471. The van der Waals surface area contributed by atoms with Crippen LogP contribution in [0.1, 0.15) is 16.1 Å². The Morgan fingerprint density at radius 3 is 2.58 bits per heavy atom. The number of hydrazine groups is 1. The molecule has 0 saturated carbocycles. The van der Waals surface area contributed by atoms with E-state index >= 15 is 0 Å². The normalized spacial score (nSPS) is 10.5. The highest BCUT2D eigenvalue weighted by atomic mass is 79.9. The zero-order valence-electron chi connectivity index (χ0n) is 13.5. The van der Waals surface area contributed by atoms with Crippen molar-refractivity contribution in [3.8, 4) is 0 Å². The lowest BCUT2D eigenvalue weighted by atomic mass is 10.1. The van der Waals surface area contributed by atoms with E-state index in [2.05, 4.69) is 37.1 Å². The number of benzene rings is 1. The fourth-order valence-electron chi connectivity index (χ4n) is 2.36. The Labute approximate surface area is 156 Å². The van der Waals surface area contributed by atoms with E-state index in [4.69, 9.17) is 4.42 Å². The van der Waals surface area contributed by atoms with Crippen molar-refractivity contribution in [1.29, 1.82) is 0 Å². The Morgan fingerprint density at radius 1 is 1.04 bits per heavy atom. The average molecular weight is 419 g/mol. The molecule has 8 nitrogen and oxygen atoms in total. The molecule has 9 heteroatoms. The van der Waals surface area contributed by atoms with Crippen LogP contribution in [-0.2, 0) is 16.0 Å². The summed E-state index contributed by atoms with van der Waals surface area (Å²) in [4.78, 5) is 38.5. The second-order valence-corrected chi connectivity index (χ2v) is 6.20. The summed E-state index contributed by atoms with van der Waals surface area (Å²) in [5.41, 5.74) is 6.33. The number of amides is 3. The fourth-order valence-corrected chi connectivity index (χ4v) is 2.67. The highest BCUT2D eigenvalue weighted by Crippen LogP contribution is 2.17. The summed E-state index contributed by atoms with van der Waals surface area (Å²) >= 11 is 3.08. The molecule has 4 N–H and O–H groups in total. The van der Waals surface area contributed by atoms with E-state index in [1.165, 1.54) is 6.07 Å². The number of carbonyl (C=O) groups excluding carboxylic acids is 3. The SMILES string of the molecule is O=C(CNC(=O)c1ccc(Br)o1)NNC(=O)Cc1c[nH]c2ccccc12. The van der Waals surface area contributed by atoms with Crippen LogP contribution in [0.25, 0.3) is 10.9 Å². The molecule has 0 saturated heterocycles. The highest BCUT2D eigenvalue weighted by Gasteiger charge is 2.13. The van der Waals surface area contributed by atoms with Crippen molar-refractivity contribution in [2.24, 2.45) is 0 Å². The number of aromatic amines is 1. The first kappa shape index (κ1) is 17.7. The van der Waals surface area contributed by atoms with Gasteiger partial charge in [-0.3, -0.25) is 25.2 Å². The van der Waals surface area contributed by atoms with Gasteiger partial charge >= 0.3 is 0 Å². The molecule has 3 amide bonds. The van der Waals surface area contributed by atoms with Crippen LogP contribution < -0.4 is 16.2 Å². The Morgan fingerprint density at radius 2 is 1.81 bits per heavy atom. The van der Waals surface area contributed by atoms with E-state index in [0.717, 1.165) is 16.5 Å². The van der Waals surface area contributed by atoms with Crippen LogP contribution in [0.4, 0.5) is 0 Å². The van der Waals surface area contributed by atoms with Gasteiger partial charge in [0.15, 0.2) is 10.4 Å². The van der Waals surface area contributed by atoms with Gasteiger partial charge in [0.1, 0.15) is 0 Å². The zero-order chi connectivity index (χ0) is 18.5. The van der Waals surface area contributed by atoms with Crippen molar-refractivity contribution in [2.75, 3.05) is 6.54 Å². The number of nitrogens with one attached hydrogen (secondary N) is 4. The molecule has 26 heavy (non-hydrogen) atoms. The van der Waals surface area contributed by atoms with Gasteiger partial charge < -0.3 is 14.7 Å². The Bertz CT molecular complexity index is 962. The van der Waals surface area contributed by atoms with Crippen LogP contribution in [0.15, 0.2) is 51.7 Å². The van der Waals surface area contributed by atoms with Crippen molar-refractivity contribution in [1.82, 2.24) is 21.2 Å². The minimum atomic E-state index is -0.559. The smallest absolute Gasteiger partial charge is 0.287 e. The van der Waals surface area contributed by atoms with Crippen LogP contribution in [0, 0.1) is 0 Å². The van der Waals surface area contributed by atoms with E-state index in [-0.39, 0.29) is 24.6 Å². The molecule has 0 aliphatic carbocycles. The molecule has 0 atom stereocenters. The van der Waals surface area contributed by atoms with Crippen LogP contribution in [0.2, 0.25) is 0 Å². The first-order valence-electron chi connectivity index (χ1n) is 7.69. The third-order valence-electron chi connectivity index (χ3n) is 3.57. The largest absolute Gasteiger partial charge is 0.444 e. The lowest BCUT2D eigenvalue weighted by Gasteiger charge is -2.07. The number of halogens is 1. The molecule has 0 radical (unpaired) electrons. The summed E-state index contributed by atoms with van der Waals surface area (Å²) in [6.07, 6.45) is 1.87. The number of hydrogen-bond acceptors (Lipinski definition) is 4. The minimum Gasteiger partial charge on any atom is -0.444 e. The van der Waals surface area contributed by atoms with Crippen molar-refractivity contribution in [3.63, 3.8) is 0 Å². The van der Waals surface area contributed by atoms with Gasteiger partial charge in [-0.25, -0.2) is 0 Å². The summed E-state index contributed by atoms with van der Waals surface area (Å²) in [6.45, 7) is -0.301. The first-order chi connectivity index (χ1) is 12.5. The molecule has 0 unspecified atom stereocenters. The van der Waals surface area contributed by atoms with E-state index < -0.39 is 11.8 Å². The predicted molar refractivity (Wildman–Crippen MR) is 97.0 cm³/mol. The molecule has 2 aromatic heterocycles. The Balaban J connectivity index is 1.44. The number of H-pyrrole nitrogens is 1. The van der Waals surface area contributed by atoms with Crippen molar-refractivity contribution in [2.45, 2.75) is 6.42 Å². The lowest BCUT2D eigenvalue weighted by molar-refractivity contribution is -0.128. The standard InChI is InChI=1S/C17H15BrN4O4/c18-14-6-5-13(26-14)17(25)20-9-16(24)22-21-15(23)7-10-8-19-12-4-2-1-3-11(10)12/h1-6,8,19H,7,9H2,(H,20,25)(H,21,23)(H,22,24). The molecular formula is C17H15BrN4O4. The number of aromatic nitrogens is 1. The molecule has 0 fully saturated rings. The molecule has 0 aliphatic rings. The van der Waals surface area contributed by atoms with Gasteiger partial charge in [0.05, 0.1) is 13.0 Å². The average Bonchev–Trinajstić information content (AvgIpc) is 3.25. The molecular weight excluding hydrogens is 404 g/mol. The van der Waals surface area contributed by atoms with Gasteiger partial charge in [0.2, 0.25) is 5.91 Å². The number of carbonyl (C=O) groups is 3. The summed E-state index contributed by atoms with van der Waals surface area (Å²) in [5.74, 6) is -1.38. The van der Waals surface area contributed by atoms with Gasteiger partial charge in [0, 0.05) is 17.1 Å². The summed E-state index contributed by atoms with van der Waals surface area (Å²) in [5, 5.41) is 3.33. The van der Waals surface area contributed by atoms with Gasteiger partial charge in [-0.05, 0) is 39.7 Å². The number of para-hydroxylation sites is 1. The zero-order valence-corrected chi connectivity index (χ0v) is 15.1. The molecule has 134 valence electrons. The summed E-state index contributed by atoms with van der Waals surface area (Å²) in [6, 6.07) is 10.7. The molecule has 0 aliphatic heterocycles. The van der Waals surface area contributed by atoms with Crippen LogP contribution in [0.5, 0.6) is 0 Å². The number of hydrogen-bond donors (Lipinski definition) is 4. The highest BCUT2D eigenvalue weighted by molar-refractivity contribution is 9.10. The van der Waals surface area contributed by atoms with Gasteiger partial charge in [-0.1, -0.05) is 18.2 Å². The van der Waals surface area contributed by atoms with Gasteiger partial charge in [-0.15, -0.1) is 0 Å². The molecule has 3 aromatic rings.